The molecule has 0 bridgehead atoms. The van der Waals surface area contributed by atoms with Crippen molar-refractivity contribution >= 4 is 22.7 Å². The first-order valence-corrected chi connectivity index (χ1v) is 12.1. The number of aromatic nitrogens is 2. The molecule has 0 unspecified atom stereocenters. The molecule has 1 aliphatic heterocycles. The second-order valence-corrected chi connectivity index (χ2v) is 9.10. The molecule has 2 amide bonds. The molecule has 1 atom stereocenters. The van der Waals surface area contributed by atoms with Crippen molar-refractivity contribution in [2.45, 2.75) is 31.9 Å². The van der Waals surface area contributed by atoms with Crippen molar-refractivity contribution in [3.8, 4) is 0 Å². The van der Waals surface area contributed by atoms with Crippen LogP contribution in [0.2, 0.25) is 0 Å². The Morgan fingerprint density at radius 1 is 1.00 bits per heavy atom. The summed E-state index contributed by atoms with van der Waals surface area (Å²) in [5, 5.41) is 9.29. The predicted molar refractivity (Wildman–Crippen MR) is 135 cm³/mol. The summed E-state index contributed by atoms with van der Waals surface area (Å²) >= 11 is 0. The van der Waals surface area contributed by atoms with E-state index in [1.165, 1.54) is 36.4 Å². The lowest BCUT2D eigenvalue weighted by Gasteiger charge is -2.27. The van der Waals surface area contributed by atoms with Crippen LogP contribution in [-0.4, -0.2) is 38.0 Å². The lowest BCUT2D eigenvalue weighted by molar-refractivity contribution is 0.0705. The minimum Gasteiger partial charge on any atom is -0.328 e. The normalized spacial score (nSPS) is 15.3. The van der Waals surface area contributed by atoms with Gasteiger partial charge in [0, 0.05) is 23.2 Å². The number of hydrogen-bond acceptors (Lipinski definition) is 5. The second kappa shape index (κ2) is 10.5. The summed E-state index contributed by atoms with van der Waals surface area (Å²) in [6.07, 6.45) is -1.34. The van der Waals surface area contributed by atoms with E-state index in [1.807, 2.05) is 0 Å². The summed E-state index contributed by atoms with van der Waals surface area (Å²) in [4.78, 5) is 45.2. The van der Waals surface area contributed by atoms with Gasteiger partial charge < -0.3 is 4.90 Å². The monoisotopic (exact) mass is 518 g/mol. The van der Waals surface area contributed by atoms with Gasteiger partial charge in [-0.1, -0.05) is 36.4 Å². The van der Waals surface area contributed by atoms with Crippen LogP contribution in [0.15, 0.2) is 77.6 Å². The van der Waals surface area contributed by atoms with Crippen LogP contribution in [0, 0.1) is 0 Å². The molecular weight excluding hydrogens is 494 g/mol. The number of halogens is 2. The van der Waals surface area contributed by atoms with Crippen LogP contribution < -0.4 is 11.0 Å². The number of nitrogens with zero attached hydrogens (tertiary/aromatic N) is 3. The summed E-state index contributed by atoms with van der Waals surface area (Å²) in [6, 6.07) is 18.2. The molecule has 1 aliphatic rings. The highest BCUT2D eigenvalue weighted by Gasteiger charge is 2.34. The number of carbonyl (C=O) groups excluding carboxylic acids is 2. The van der Waals surface area contributed by atoms with E-state index in [1.54, 1.807) is 51.3 Å². The Hall–Kier alpha value is -4.44. The van der Waals surface area contributed by atoms with Crippen LogP contribution in [0.4, 0.5) is 8.78 Å². The number of fused-ring (bicyclic) bond motifs is 1. The van der Waals surface area contributed by atoms with Crippen LogP contribution in [0.5, 0.6) is 0 Å². The summed E-state index contributed by atoms with van der Waals surface area (Å²) in [6.45, 7) is 0.586. The van der Waals surface area contributed by atoms with Gasteiger partial charge in [-0.25, -0.2) is 19.2 Å². The molecule has 2 heterocycles. The molecule has 4 aromatic rings. The van der Waals surface area contributed by atoms with Crippen molar-refractivity contribution in [3.05, 3.63) is 111 Å². The predicted octanol–water partition coefficient (Wildman–Crippen LogP) is 4.48. The van der Waals surface area contributed by atoms with Crippen molar-refractivity contribution in [2.75, 3.05) is 6.54 Å². The number of alkyl halides is 2. The van der Waals surface area contributed by atoms with Crippen LogP contribution >= 0.6 is 0 Å². The van der Waals surface area contributed by atoms with Crippen LogP contribution in [0.1, 0.15) is 63.0 Å². The molecule has 0 saturated carbocycles. The smallest absolute Gasteiger partial charge is 0.274 e. The number of hydroxylamine groups is 1. The maximum atomic E-state index is 13.6. The van der Waals surface area contributed by atoms with Gasteiger partial charge in [0.25, 0.3) is 23.8 Å². The highest BCUT2D eigenvalue weighted by atomic mass is 19.3. The van der Waals surface area contributed by atoms with Crippen LogP contribution in [0.3, 0.4) is 0 Å². The zero-order valence-electron chi connectivity index (χ0n) is 20.2. The van der Waals surface area contributed by atoms with Crippen molar-refractivity contribution in [1.29, 1.82) is 0 Å². The topological polar surface area (TPSA) is 105 Å². The number of carbonyl (C=O) groups is 2. The largest absolute Gasteiger partial charge is 0.328 e. The standard InChI is InChI=1S/C28H24F2N4O4/c29-24(30)18-11-13-20(14-12-18)27(36)33-15-3-6-23(33)25-31-22-5-2-1-4-21(22)28(37)34(25)16-17-7-9-19(10-8-17)26(35)32-38/h1-2,4-5,7-14,23-24,38H,3,6,15-16H2,(H,32,35)/t23-/m0/s1. The Morgan fingerprint density at radius 2 is 1.68 bits per heavy atom. The molecule has 0 aliphatic carbocycles. The number of rotatable bonds is 6. The molecule has 3 aromatic carbocycles. The first-order chi connectivity index (χ1) is 18.4. The number of hydrogen-bond donors (Lipinski definition) is 2. The number of amides is 2. The summed E-state index contributed by atoms with van der Waals surface area (Å²) in [7, 11) is 0. The zero-order valence-corrected chi connectivity index (χ0v) is 20.2. The molecule has 38 heavy (non-hydrogen) atoms. The van der Waals surface area contributed by atoms with E-state index in [0.29, 0.717) is 36.1 Å². The number of benzene rings is 3. The third kappa shape index (κ3) is 4.78. The maximum absolute atomic E-state index is 13.6. The molecule has 2 N–H and O–H groups in total. The van der Waals surface area contributed by atoms with Gasteiger partial charge in [0.15, 0.2) is 0 Å². The van der Waals surface area contributed by atoms with E-state index in [4.69, 9.17) is 10.2 Å². The van der Waals surface area contributed by atoms with E-state index in [9.17, 15) is 23.2 Å². The van der Waals surface area contributed by atoms with E-state index >= 15 is 0 Å². The van der Waals surface area contributed by atoms with Gasteiger partial charge in [-0.3, -0.25) is 24.2 Å². The molecular formula is C28H24F2N4O4. The molecule has 194 valence electrons. The third-order valence-electron chi connectivity index (χ3n) is 6.77. The molecule has 0 radical (unpaired) electrons. The number of nitrogens with one attached hydrogen (secondary N) is 1. The van der Waals surface area contributed by atoms with Gasteiger partial charge in [-0.15, -0.1) is 0 Å². The van der Waals surface area contributed by atoms with Gasteiger partial charge in [-0.05, 0) is 54.8 Å². The Morgan fingerprint density at radius 3 is 2.37 bits per heavy atom. The van der Waals surface area contributed by atoms with E-state index in [0.717, 1.165) is 5.56 Å². The SMILES string of the molecule is O=C(NO)c1ccc(Cn2c([C@@H]3CCCN3C(=O)c3ccc(C(F)F)cc3)nc3ccccc3c2=O)cc1. The molecule has 1 saturated heterocycles. The second-order valence-electron chi connectivity index (χ2n) is 9.10. The molecule has 1 fully saturated rings. The minimum atomic E-state index is -2.62. The van der Waals surface area contributed by atoms with Gasteiger partial charge in [0.2, 0.25) is 0 Å². The fourth-order valence-electron chi connectivity index (χ4n) is 4.82. The number of para-hydroxylation sites is 1. The van der Waals surface area contributed by atoms with Crippen molar-refractivity contribution in [1.82, 2.24) is 19.9 Å². The van der Waals surface area contributed by atoms with Gasteiger partial charge in [-0.2, -0.15) is 0 Å². The number of likely N-dealkylation sites (tertiary alicyclic amines) is 1. The Labute approximate surface area is 216 Å². The molecule has 0 spiro atoms. The summed E-state index contributed by atoms with van der Waals surface area (Å²) < 4.78 is 27.5. The highest BCUT2D eigenvalue weighted by molar-refractivity contribution is 5.95. The zero-order chi connectivity index (χ0) is 26.8. The fourth-order valence-corrected chi connectivity index (χ4v) is 4.82. The van der Waals surface area contributed by atoms with E-state index < -0.39 is 18.4 Å². The first kappa shape index (κ1) is 25.2. The van der Waals surface area contributed by atoms with Crippen LogP contribution in [0.25, 0.3) is 10.9 Å². The average Bonchev–Trinajstić information content (AvgIpc) is 3.44. The molecule has 8 nitrogen and oxygen atoms in total. The quantitative estimate of drug-likeness (QED) is 0.289. The van der Waals surface area contributed by atoms with Gasteiger partial charge in [0.1, 0.15) is 5.82 Å². The van der Waals surface area contributed by atoms with E-state index in [-0.39, 0.29) is 34.7 Å². The van der Waals surface area contributed by atoms with Crippen molar-refractivity contribution < 1.29 is 23.6 Å². The maximum Gasteiger partial charge on any atom is 0.274 e. The van der Waals surface area contributed by atoms with Gasteiger partial charge >= 0.3 is 0 Å². The Kier molecular flexibility index (Phi) is 6.97. The van der Waals surface area contributed by atoms with Gasteiger partial charge in [0.05, 0.1) is 23.5 Å². The average molecular weight is 519 g/mol. The highest BCUT2D eigenvalue weighted by Crippen LogP contribution is 2.33. The van der Waals surface area contributed by atoms with Crippen LogP contribution in [-0.2, 0) is 6.54 Å². The van der Waals surface area contributed by atoms with Crippen molar-refractivity contribution in [2.24, 2.45) is 0 Å². The Balaban J connectivity index is 1.54. The minimum absolute atomic E-state index is 0.147. The lowest BCUT2D eigenvalue weighted by Crippen LogP contribution is -2.35. The molecule has 5 rings (SSSR count). The lowest BCUT2D eigenvalue weighted by atomic mass is 10.1. The first-order valence-electron chi connectivity index (χ1n) is 12.1. The fraction of sp³-hybridized carbons (Fsp3) is 0.214. The van der Waals surface area contributed by atoms with E-state index in [2.05, 4.69) is 0 Å². The molecule has 1 aromatic heterocycles. The third-order valence-corrected chi connectivity index (χ3v) is 6.77. The molecule has 10 heteroatoms. The summed E-state index contributed by atoms with van der Waals surface area (Å²) in [5.41, 5.74) is 2.94. The summed E-state index contributed by atoms with van der Waals surface area (Å²) in [5.74, 6) is -0.536. The van der Waals surface area contributed by atoms with Crippen molar-refractivity contribution in [3.63, 3.8) is 0 Å². The Bertz CT molecular complexity index is 1550.